The zero-order valence-corrected chi connectivity index (χ0v) is 10.7. The minimum atomic E-state index is -0.0544. The third-order valence-corrected chi connectivity index (χ3v) is 2.22. The number of ether oxygens (including phenoxy) is 1. The minimum absolute atomic E-state index is 0.0544. The van der Waals surface area contributed by atoms with Crippen LogP contribution in [0.4, 0.5) is 5.69 Å². The fourth-order valence-corrected chi connectivity index (χ4v) is 1.32. The van der Waals surface area contributed by atoms with Crippen molar-refractivity contribution in [2.24, 2.45) is 0 Å². The Kier molecular flexibility index (Phi) is 6.40. The normalized spacial score (nSPS) is 9.61. The van der Waals surface area contributed by atoms with Crippen LogP contribution in [0.15, 0.2) is 36.9 Å². The molecule has 18 heavy (non-hydrogen) atoms. The average molecular weight is 248 g/mol. The number of carbonyl (C=O) groups excluding carboxylic acids is 1. The van der Waals surface area contributed by atoms with E-state index in [-0.39, 0.29) is 12.5 Å². The van der Waals surface area contributed by atoms with Crippen molar-refractivity contribution in [3.63, 3.8) is 0 Å². The van der Waals surface area contributed by atoms with Crippen molar-refractivity contribution in [2.45, 2.75) is 13.3 Å². The molecule has 1 aromatic rings. The van der Waals surface area contributed by atoms with Crippen molar-refractivity contribution in [2.75, 3.05) is 25.0 Å². The number of hydrogen-bond acceptors (Lipinski definition) is 3. The van der Waals surface area contributed by atoms with Crippen molar-refractivity contribution in [1.82, 2.24) is 5.32 Å². The molecule has 4 nitrogen and oxygen atoms in total. The second kappa shape index (κ2) is 8.17. The van der Waals surface area contributed by atoms with Gasteiger partial charge in [0.15, 0.2) is 0 Å². The molecule has 2 N–H and O–H groups in total. The zero-order chi connectivity index (χ0) is 13.2. The molecule has 0 aliphatic carbocycles. The summed E-state index contributed by atoms with van der Waals surface area (Å²) < 4.78 is 5.47. The molecule has 0 aromatic heterocycles. The van der Waals surface area contributed by atoms with Gasteiger partial charge in [-0.05, 0) is 30.7 Å². The fourth-order valence-electron chi connectivity index (χ4n) is 1.32. The Morgan fingerprint density at radius 2 is 2.11 bits per heavy atom. The molecule has 0 spiro atoms. The number of nitrogens with one attached hydrogen (secondary N) is 2. The summed E-state index contributed by atoms with van der Waals surface area (Å²) in [6, 6.07) is 7.57. The van der Waals surface area contributed by atoms with Gasteiger partial charge >= 0.3 is 0 Å². The van der Waals surface area contributed by atoms with Crippen LogP contribution in [0.2, 0.25) is 0 Å². The minimum Gasteiger partial charge on any atom is -0.494 e. The summed E-state index contributed by atoms with van der Waals surface area (Å²) in [7, 11) is 0. The summed E-state index contributed by atoms with van der Waals surface area (Å²) in [4.78, 5) is 11.3. The van der Waals surface area contributed by atoms with Crippen molar-refractivity contribution < 1.29 is 9.53 Å². The van der Waals surface area contributed by atoms with Crippen LogP contribution in [-0.2, 0) is 4.79 Å². The summed E-state index contributed by atoms with van der Waals surface area (Å²) in [5, 5.41) is 5.73. The maximum atomic E-state index is 11.3. The first-order valence-electron chi connectivity index (χ1n) is 6.10. The third-order valence-electron chi connectivity index (χ3n) is 2.22. The van der Waals surface area contributed by atoms with E-state index in [2.05, 4.69) is 24.1 Å². The second-order valence-electron chi connectivity index (χ2n) is 3.82. The zero-order valence-electron chi connectivity index (χ0n) is 10.7. The molecular formula is C14H20N2O2. The SMILES string of the molecule is C=CCNC(=O)CNc1ccc(OCCC)cc1. The first-order valence-corrected chi connectivity index (χ1v) is 6.10. The number of rotatable bonds is 8. The molecule has 0 atom stereocenters. The largest absolute Gasteiger partial charge is 0.494 e. The molecular weight excluding hydrogens is 228 g/mol. The standard InChI is InChI=1S/C14H20N2O2/c1-3-9-15-14(17)11-16-12-5-7-13(8-6-12)18-10-4-2/h3,5-8,16H,1,4,9-11H2,2H3,(H,15,17). The van der Waals surface area contributed by atoms with E-state index in [4.69, 9.17) is 4.74 Å². The smallest absolute Gasteiger partial charge is 0.239 e. The lowest BCUT2D eigenvalue weighted by Crippen LogP contribution is -2.29. The van der Waals surface area contributed by atoms with E-state index in [0.717, 1.165) is 24.5 Å². The van der Waals surface area contributed by atoms with Gasteiger partial charge in [-0.1, -0.05) is 13.0 Å². The molecule has 0 unspecified atom stereocenters. The van der Waals surface area contributed by atoms with Gasteiger partial charge in [-0.25, -0.2) is 0 Å². The van der Waals surface area contributed by atoms with E-state index >= 15 is 0 Å². The summed E-state index contributed by atoms with van der Waals surface area (Å²) in [5.74, 6) is 0.791. The highest BCUT2D eigenvalue weighted by Crippen LogP contribution is 2.15. The fraction of sp³-hybridized carbons (Fsp3) is 0.357. The van der Waals surface area contributed by atoms with Gasteiger partial charge in [0.05, 0.1) is 13.2 Å². The van der Waals surface area contributed by atoms with Gasteiger partial charge < -0.3 is 15.4 Å². The molecule has 98 valence electrons. The average Bonchev–Trinajstić information content (AvgIpc) is 2.41. The van der Waals surface area contributed by atoms with Crippen LogP contribution in [0.5, 0.6) is 5.75 Å². The summed E-state index contributed by atoms with van der Waals surface area (Å²) in [6.45, 7) is 7.07. The predicted octanol–water partition coefficient (Wildman–Crippen LogP) is 2.19. The number of amides is 1. The molecule has 1 rings (SSSR count). The van der Waals surface area contributed by atoms with Crippen molar-refractivity contribution in [3.05, 3.63) is 36.9 Å². The molecule has 0 aliphatic rings. The number of anilines is 1. The van der Waals surface area contributed by atoms with Crippen molar-refractivity contribution in [1.29, 1.82) is 0 Å². The highest BCUT2D eigenvalue weighted by molar-refractivity contribution is 5.80. The highest BCUT2D eigenvalue weighted by Gasteiger charge is 1.99. The van der Waals surface area contributed by atoms with E-state index in [0.29, 0.717) is 6.54 Å². The van der Waals surface area contributed by atoms with Crippen LogP contribution in [0.1, 0.15) is 13.3 Å². The maximum Gasteiger partial charge on any atom is 0.239 e. The van der Waals surface area contributed by atoms with Crippen molar-refractivity contribution >= 4 is 11.6 Å². The molecule has 1 amide bonds. The molecule has 0 radical (unpaired) electrons. The van der Waals surface area contributed by atoms with Crippen LogP contribution in [0.25, 0.3) is 0 Å². The van der Waals surface area contributed by atoms with E-state index in [1.54, 1.807) is 6.08 Å². The monoisotopic (exact) mass is 248 g/mol. The first kappa shape index (κ1) is 14.1. The Hall–Kier alpha value is -1.97. The van der Waals surface area contributed by atoms with Gasteiger partial charge in [-0.2, -0.15) is 0 Å². The van der Waals surface area contributed by atoms with E-state index in [9.17, 15) is 4.79 Å². The predicted molar refractivity (Wildman–Crippen MR) is 73.9 cm³/mol. The molecule has 0 fully saturated rings. The number of carbonyl (C=O) groups is 1. The third kappa shape index (κ3) is 5.39. The highest BCUT2D eigenvalue weighted by atomic mass is 16.5. The van der Waals surface area contributed by atoms with Gasteiger partial charge in [-0.15, -0.1) is 6.58 Å². The van der Waals surface area contributed by atoms with Crippen LogP contribution in [0, 0.1) is 0 Å². The Bertz CT molecular complexity index is 374. The van der Waals surface area contributed by atoms with Gasteiger partial charge in [0.25, 0.3) is 0 Å². The molecule has 0 aliphatic heterocycles. The lowest BCUT2D eigenvalue weighted by atomic mass is 10.3. The lowest BCUT2D eigenvalue weighted by molar-refractivity contribution is -0.119. The first-order chi connectivity index (χ1) is 8.76. The summed E-state index contributed by atoms with van der Waals surface area (Å²) in [5.41, 5.74) is 0.896. The number of hydrogen-bond donors (Lipinski definition) is 2. The van der Waals surface area contributed by atoms with Crippen molar-refractivity contribution in [3.8, 4) is 5.75 Å². The van der Waals surface area contributed by atoms with E-state index in [1.165, 1.54) is 0 Å². The van der Waals surface area contributed by atoms with Gasteiger partial charge in [0, 0.05) is 12.2 Å². The molecule has 1 aromatic carbocycles. The Morgan fingerprint density at radius 1 is 1.39 bits per heavy atom. The number of benzene rings is 1. The van der Waals surface area contributed by atoms with E-state index < -0.39 is 0 Å². The molecule has 4 heteroatoms. The van der Waals surface area contributed by atoms with Gasteiger partial charge in [0.2, 0.25) is 5.91 Å². The lowest BCUT2D eigenvalue weighted by Gasteiger charge is -2.08. The molecule has 0 heterocycles. The molecule has 0 bridgehead atoms. The van der Waals surface area contributed by atoms with Crippen LogP contribution >= 0.6 is 0 Å². The summed E-state index contributed by atoms with van der Waals surface area (Å²) >= 11 is 0. The molecule has 0 saturated carbocycles. The van der Waals surface area contributed by atoms with Crippen LogP contribution in [-0.4, -0.2) is 25.6 Å². The Balaban J connectivity index is 2.34. The molecule has 0 saturated heterocycles. The maximum absolute atomic E-state index is 11.3. The second-order valence-corrected chi connectivity index (χ2v) is 3.82. The quantitative estimate of drug-likeness (QED) is 0.693. The topological polar surface area (TPSA) is 50.4 Å². The van der Waals surface area contributed by atoms with Crippen LogP contribution in [0.3, 0.4) is 0 Å². The van der Waals surface area contributed by atoms with Crippen LogP contribution < -0.4 is 15.4 Å². The van der Waals surface area contributed by atoms with E-state index in [1.807, 2.05) is 24.3 Å². The van der Waals surface area contributed by atoms with Gasteiger partial charge in [0.1, 0.15) is 5.75 Å². The Morgan fingerprint density at radius 3 is 2.72 bits per heavy atom. The Labute approximate surface area is 108 Å². The van der Waals surface area contributed by atoms with Gasteiger partial charge in [-0.3, -0.25) is 4.79 Å². The summed E-state index contributed by atoms with van der Waals surface area (Å²) in [6.07, 6.45) is 2.64.